The van der Waals surface area contributed by atoms with Crippen LogP contribution in [0.15, 0.2) is 22.7 Å². The topological polar surface area (TPSA) is 73.6 Å². The monoisotopic (exact) mass is 373 g/mol. The molecule has 27 heavy (non-hydrogen) atoms. The molecule has 1 aromatic heterocycles. The number of carbonyl (C=O) groups excluding carboxylic acids is 1. The molecule has 1 saturated heterocycles. The van der Waals surface area contributed by atoms with Gasteiger partial charge in [-0.15, -0.1) is 0 Å². The third kappa shape index (κ3) is 3.96. The van der Waals surface area contributed by atoms with E-state index < -0.39 is 0 Å². The highest BCUT2D eigenvalue weighted by Gasteiger charge is 2.24. The lowest BCUT2D eigenvalue weighted by molar-refractivity contribution is 0.141. The molecule has 1 fully saturated rings. The highest BCUT2D eigenvalue weighted by molar-refractivity contribution is 5.89. The van der Waals surface area contributed by atoms with E-state index in [0.717, 1.165) is 36.7 Å². The van der Waals surface area contributed by atoms with Crippen LogP contribution in [-0.4, -0.2) is 53.7 Å². The zero-order valence-electron chi connectivity index (χ0n) is 15.4. The van der Waals surface area contributed by atoms with Gasteiger partial charge in [-0.1, -0.05) is 11.2 Å². The Hall–Kier alpha value is -2.45. The van der Waals surface area contributed by atoms with Crippen molar-refractivity contribution in [1.82, 2.24) is 20.3 Å². The molecule has 2 aliphatic heterocycles. The number of aromatic nitrogens is 1. The summed E-state index contributed by atoms with van der Waals surface area (Å²) in [5, 5.41) is 9.98. The highest BCUT2D eigenvalue weighted by Crippen LogP contribution is 2.25. The molecule has 3 heterocycles. The second-order valence-corrected chi connectivity index (χ2v) is 7.11. The summed E-state index contributed by atoms with van der Waals surface area (Å²) >= 11 is 0. The Morgan fingerprint density at radius 2 is 2.15 bits per heavy atom. The van der Waals surface area contributed by atoms with Crippen molar-refractivity contribution in [1.29, 1.82) is 0 Å². The summed E-state index contributed by atoms with van der Waals surface area (Å²) in [5.41, 5.74) is 2.84. The Morgan fingerprint density at radius 3 is 2.89 bits per heavy atom. The van der Waals surface area contributed by atoms with Crippen LogP contribution < -0.4 is 10.6 Å². The first-order chi connectivity index (χ1) is 13.1. The van der Waals surface area contributed by atoms with Gasteiger partial charge in [0.2, 0.25) is 0 Å². The van der Waals surface area contributed by atoms with Crippen molar-refractivity contribution < 1.29 is 13.7 Å². The predicted molar refractivity (Wildman–Crippen MR) is 98.9 cm³/mol. The minimum absolute atomic E-state index is 0.250. The first kappa shape index (κ1) is 17.9. The number of benzene rings is 1. The molecule has 8 heteroatoms. The third-order valence-corrected chi connectivity index (χ3v) is 5.17. The average molecular weight is 373 g/mol. The maximum Gasteiger partial charge on any atom is 0.322 e. The van der Waals surface area contributed by atoms with Gasteiger partial charge in [0, 0.05) is 45.3 Å². The van der Waals surface area contributed by atoms with Crippen LogP contribution >= 0.6 is 0 Å². The summed E-state index contributed by atoms with van der Waals surface area (Å²) in [6.07, 6.45) is 0.644. The number of hydrogen-bond acceptors (Lipinski definition) is 5. The molecule has 0 saturated carbocycles. The molecule has 1 aromatic carbocycles. The van der Waals surface area contributed by atoms with Crippen molar-refractivity contribution >= 4 is 11.7 Å². The van der Waals surface area contributed by atoms with Crippen LogP contribution in [0.2, 0.25) is 0 Å². The number of nitrogens with one attached hydrogen (secondary N) is 2. The number of halogens is 1. The van der Waals surface area contributed by atoms with Gasteiger partial charge >= 0.3 is 6.03 Å². The van der Waals surface area contributed by atoms with E-state index in [0.29, 0.717) is 38.2 Å². The first-order valence-electron chi connectivity index (χ1n) is 9.31. The summed E-state index contributed by atoms with van der Waals surface area (Å²) in [4.78, 5) is 16.5. The number of anilines is 1. The largest absolute Gasteiger partial charge is 0.361 e. The van der Waals surface area contributed by atoms with E-state index in [2.05, 4.69) is 20.7 Å². The molecule has 2 aromatic rings. The van der Waals surface area contributed by atoms with Crippen LogP contribution in [0.1, 0.15) is 22.6 Å². The maximum atomic E-state index is 14.7. The molecule has 0 aliphatic carbocycles. The van der Waals surface area contributed by atoms with Crippen molar-refractivity contribution in [2.45, 2.75) is 26.4 Å². The Balaban J connectivity index is 1.33. The zero-order valence-corrected chi connectivity index (χ0v) is 15.4. The van der Waals surface area contributed by atoms with Crippen molar-refractivity contribution in [3.63, 3.8) is 0 Å². The van der Waals surface area contributed by atoms with E-state index in [4.69, 9.17) is 4.52 Å². The van der Waals surface area contributed by atoms with Crippen molar-refractivity contribution in [2.75, 3.05) is 38.0 Å². The Kier molecular flexibility index (Phi) is 5.09. The van der Waals surface area contributed by atoms with E-state index >= 15 is 0 Å². The molecule has 0 unspecified atom stereocenters. The van der Waals surface area contributed by atoms with Gasteiger partial charge in [0.25, 0.3) is 0 Å². The molecule has 0 radical (unpaired) electrons. The van der Waals surface area contributed by atoms with Crippen LogP contribution in [-0.2, 0) is 19.5 Å². The van der Waals surface area contributed by atoms with Gasteiger partial charge in [-0.3, -0.25) is 4.90 Å². The average Bonchev–Trinajstić information content (AvgIpc) is 3.09. The zero-order chi connectivity index (χ0) is 18.8. The molecule has 0 spiro atoms. The number of piperazine rings is 1. The minimum Gasteiger partial charge on any atom is -0.361 e. The minimum atomic E-state index is -0.303. The van der Waals surface area contributed by atoms with Gasteiger partial charge in [-0.25, -0.2) is 9.18 Å². The number of rotatable bonds is 3. The molecule has 7 nitrogen and oxygen atoms in total. The van der Waals surface area contributed by atoms with Crippen molar-refractivity contribution in [2.24, 2.45) is 0 Å². The van der Waals surface area contributed by atoms with Crippen LogP contribution in [0.4, 0.5) is 14.9 Å². The van der Waals surface area contributed by atoms with Gasteiger partial charge in [-0.2, -0.15) is 0 Å². The Labute approximate surface area is 157 Å². The number of hydrogen-bond donors (Lipinski definition) is 2. The van der Waals surface area contributed by atoms with Gasteiger partial charge < -0.3 is 20.1 Å². The van der Waals surface area contributed by atoms with Gasteiger partial charge in [-0.05, 0) is 37.1 Å². The lowest BCUT2D eigenvalue weighted by Crippen LogP contribution is -2.49. The second kappa shape index (κ2) is 7.66. The normalized spacial score (nSPS) is 17.6. The molecular weight excluding hydrogens is 349 g/mol. The van der Waals surface area contributed by atoms with E-state index in [1.165, 1.54) is 0 Å². The molecule has 4 rings (SSSR count). The summed E-state index contributed by atoms with van der Waals surface area (Å²) in [7, 11) is 0. The molecule has 144 valence electrons. The van der Waals surface area contributed by atoms with Gasteiger partial charge in [0.1, 0.15) is 11.6 Å². The molecule has 2 aliphatic rings. The molecule has 2 amide bonds. The SMILES string of the molecule is Cc1cc(CN2CCN(C(=O)Nc3ccc4c(c3F)CCNC4)CC2)no1. The third-order valence-electron chi connectivity index (χ3n) is 5.17. The number of fused-ring (bicyclic) bond motifs is 1. The van der Waals surface area contributed by atoms with E-state index in [9.17, 15) is 9.18 Å². The fourth-order valence-electron chi connectivity index (χ4n) is 3.66. The number of amides is 2. The molecule has 2 N–H and O–H groups in total. The fraction of sp³-hybridized carbons (Fsp3) is 0.474. The van der Waals surface area contributed by atoms with Crippen LogP contribution in [0.3, 0.4) is 0 Å². The second-order valence-electron chi connectivity index (χ2n) is 7.11. The van der Waals surface area contributed by atoms with Gasteiger partial charge in [0.05, 0.1) is 11.4 Å². The van der Waals surface area contributed by atoms with Crippen LogP contribution in [0.25, 0.3) is 0 Å². The number of aryl methyl sites for hydroxylation is 1. The fourth-order valence-corrected chi connectivity index (χ4v) is 3.66. The molecule has 0 atom stereocenters. The lowest BCUT2D eigenvalue weighted by atomic mass is 9.99. The predicted octanol–water partition coefficient (Wildman–Crippen LogP) is 2.12. The van der Waals surface area contributed by atoms with Crippen LogP contribution in [0, 0.1) is 12.7 Å². The molecule has 0 bridgehead atoms. The summed E-state index contributed by atoms with van der Waals surface area (Å²) < 4.78 is 19.8. The summed E-state index contributed by atoms with van der Waals surface area (Å²) in [5.74, 6) is 0.494. The van der Waals surface area contributed by atoms with E-state index in [1.807, 2.05) is 19.1 Å². The standard InChI is InChI=1S/C19H24FN5O2/c1-13-10-15(23-27-13)12-24-6-8-25(9-7-24)19(26)22-17-3-2-14-11-21-5-4-16(14)18(17)20/h2-3,10,21H,4-9,11-12H2,1H3,(H,22,26). The lowest BCUT2D eigenvalue weighted by Gasteiger charge is -2.34. The smallest absolute Gasteiger partial charge is 0.322 e. The maximum absolute atomic E-state index is 14.7. The number of urea groups is 1. The highest BCUT2D eigenvalue weighted by atomic mass is 19.1. The van der Waals surface area contributed by atoms with Crippen molar-refractivity contribution in [3.05, 3.63) is 46.6 Å². The first-order valence-corrected chi connectivity index (χ1v) is 9.31. The summed E-state index contributed by atoms with van der Waals surface area (Å²) in [6.45, 7) is 6.70. The van der Waals surface area contributed by atoms with Crippen molar-refractivity contribution in [3.8, 4) is 0 Å². The summed E-state index contributed by atoms with van der Waals surface area (Å²) in [6, 6.07) is 5.22. The van der Waals surface area contributed by atoms with E-state index in [-0.39, 0.29) is 17.5 Å². The Bertz CT molecular complexity index is 830. The number of carbonyl (C=O) groups is 1. The number of nitrogens with zero attached hydrogens (tertiary/aromatic N) is 3. The van der Waals surface area contributed by atoms with E-state index in [1.54, 1.807) is 11.0 Å². The van der Waals surface area contributed by atoms with Crippen LogP contribution in [0.5, 0.6) is 0 Å². The quantitative estimate of drug-likeness (QED) is 0.862. The van der Waals surface area contributed by atoms with Gasteiger partial charge in [0.15, 0.2) is 0 Å². The Morgan fingerprint density at radius 1 is 1.33 bits per heavy atom. The molecular formula is C19H24FN5O2.